The summed E-state index contributed by atoms with van der Waals surface area (Å²) in [6.45, 7) is 4.46. The number of fused-ring (bicyclic) bond motifs is 1. The van der Waals surface area contributed by atoms with Gasteiger partial charge in [0, 0.05) is 17.5 Å². The highest BCUT2D eigenvalue weighted by Gasteiger charge is 2.30. The Morgan fingerprint density at radius 1 is 1.13 bits per heavy atom. The van der Waals surface area contributed by atoms with Crippen molar-refractivity contribution in [2.75, 3.05) is 26.2 Å². The Morgan fingerprint density at radius 2 is 1.90 bits per heavy atom. The van der Waals surface area contributed by atoms with Crippen molar-refractivity contribution < 1.29 is 9.84 Å². The van der Waals surface area contributed by atoms with E-state index in [0.29, 0.717) is 6.54 Å². The van der Waals surface area contributed by atoms with E-state index in [1.165, 1.54) is 0 Å². The number of aromatic nitrogens is 2. The molecule has 1 aliphatic heterocycles. The smallest absolute Gasteiger partial charge is 0.127 e. The minimum atomic E-state index is -0.584. The highest BCUT2D eigenvalue weighted by molar-refractivity contribution is 5.99. The van der Waals surface area contributed by atoms with Gasteiger partial charge < -0.3 is 14.7 Å². The summed E-state index contributed by atoms with van der Waals surface area (Å²) in [5.74, 6) is 0.756. The lowest BCUT2D eigenvalue weighted by atomic mass is 9.82. The standard InChI is InChI=1S/C24H26N4O2/c1-24(17-25)9-12-28(13-10-24)15-19(29)16-30-23-7-6-20(18-8-11-26-27-14-18)21-4-2-3-5-22(21)23/h2-8,11,14,19,29H,9-10,12-13,15-16H2,1H3. The molecule has 0 spiro atoms. The molecular formula is C24H26N4O2. The average molecular weight is 402 g/mol. The molecule has 0 aliphatic carbocycles. The summed E-state index contributed by atoms with van der Waals surface area (Å²) in [6, 6.07) is 16.4. The fourth-order valence-electron chi connectivity index (χ4n) is 3.98. The molecule has 0 radical (unpaired) electrons. The highest BCUT2D eigenvalue weighted by atomic mass is 16.5. The highest BCUT2D eigenvalue weighted by Crippen LogP contribution is 2.34. The van der Waals surface area contributed by atoms with Crippen molar-refractivity contribution in [1.29, 1.82) is 5.26 Å². The van der Waals surface area contributed by atoms with E-state index >= 15 is 0 Å². The number of rotatable bonds is 6. The van der Waals surface area contributed by atoms with Crippen LogP contribution in [0.4, 0.5) is 0 Å². The number of aliphatic hydroxyl groups is 1. The van der Waals surface area contributed by atoms with Gasteiger partial charge in [0.1, 0.15) is 18.5 Å². The molecule has 1 fully saturated rings. The number of β-amino-alcohol motifs (C(OH)–C–C–N with tert-alkyl or cyclic N) is 1. The van der Waals surface area contributed by atoms with Gasteiger partial charge in [0.05, 0.1) is 23.9 Å². The van der Waals surface area contributed by atoms with Crippen LogP contribution in [0.5, 0.6) is 5.75 Å². The van der Waals surface area contributed by atoms with E-state index in [0.717, 1.165) is 53.6 Å². The minimum Gasteiger partial charge on any atom is -0.490 e. The number of likely N-dealkylation sites (tertiary alicyclic amines) is 1. The number of aliphatic hydroxyl groups excluding tert-OH is 1. The molecule has 3 aromatic rings. The van der Waals surface area contributed by atoms with Gasteiger partial charge in [-0.15, -0.1) is 0 Å². The predicted octanol–water partition coefficient (Wildman–Crippen LogP) is 3.66. The predicted molar refractivity (Wildman–Crippen MR) is 116 cm³/mol. The largest absolute Gasteiger partial charge is 0.490 e. The van der Waals surface area contributed by atoms with Crippen molar-refractivity contribution >= 4 is 10.8 Å². The van der Waals surface area contributed by atoms with Crippen molar-refractivity contribution in [3.63, 3.8) is 0 Å². The van der Waals surface area contributed by atoms with Gasteiger partial charge >= 0.3 is 0 Å². The van der Waals surface area contributed by atoms with Crippen LogP contribution in [0.2, 0.25) is 0 Å². The van der Waals surface area contributed by atoms with Gasteiger partial charge in [-0.2, -0.15) is 15.5 Å². The lowest BCUT2D eigenvalue weighted by Gasteiger charge is -2.35. The van der Waals surface area contributed by atoms with Crippen LogP contribution in [0.15, 0.2) is 54.9 Å². The van der Waals surface area contributed by atoms with E-state index in [-0.39, 0.29) is 12.0 Å². The number of hydrogen-bond acceptors (Lipinski definition) is 6. The Morgan fingerprint density at radius 3 is 2.60 bits per heavy atom. The molecule has 2 aromatic carbocycles. The molecule has 1 N–H and O–H groups in total. The van der Waals surface area contributed by atoms with Gasteiger partial charge in [-0.25, -0.2) is 0 Å². The first-order valence-electron chi connectivity index (χ1n) is 10.3. The maximum absolute atomic E-state index is 10.5. The normalized spacial score (nSPS) is 17.4. The lowest BCUT2D eigenvalue weighted by molar-refractivity contribution is 0.0500. The zero-order valence-electron chi connectivity index (χ0n) is 17.2. The molecule has 1 aromatic heterocycles. The minimum absolute atomic E-state index is 0.228. The molecule has 30 heavy (non-hydrogen) atoms. The van der Waals surface area contributed by atoms with Gasteiger partial charge in [-0.05, 0) is 62.0 Å². The van der Waals surface area contributed by atoms with E-state index in [2.05, 4.69) is 27.2 Å². The third-order valence-electron chi connectivity index (χ3n) is 5.91. The molecule has 4 rings (SSSR count). The Bertz CT molecular complexity index is 1040. The second kappa shape index (κ2) is 8.78. The van der Waals surface area contributed by atoms with Crippen molar-refractivity contribution in [3.8, 4) is 22.9 Å². The molecule has 0 bridgehead atoms. The number of ether oxygens (including phenoxy) is 1. The Balaban J connectivity index is 1.43. The van der Waals surface area contributed by atoms with Gasteiger partial charge in [-0.1, -0.05) is 24.3 Å². The van der Waals surface area contributed by atoms with Crippen molar-refractivity contribution in [2.45, 2.75) is 25.9 Å². The van der Waals surface area contributed by atoms with Gasteiger partial charge in [0.15, 0.2) is 0 Å². The van der Waals surface area contributed by atoms with Crippen LogP contribution in [0.3, 0.4) is 0 Å². The van der Waals surface area contributed by atoms with Gasteiger partial charge in [0.25, 0.3) is 0 Å². The van der Waals surface area contributed by atoms with Crippen LogP contribution in [0, 0.1) is 16.7 Å². The zero-order chi connectivity index (χ0) is 21.0. The summed E-state index contributed by atoms with van der Waals surface area (Å²) in [5, 5.41) is 29.7. The van der Waals surface area contributed by atoms with E-state index in [4.69, 9.17) is 4.74 Å². The van der Waals surface area contributed by atoms with Gasteiger partial charge in [-0.3, -0.25) is 0 Å². The molecule has 1 atom stereocenters. The first kappa shape index (κ1) is 20.3. The van der Waals surface area contributed by atoms with Crippen LogP contribution in [-0.4, -0.2) is 52.5 Å². The van der Waals surface area contributed by atoms with Crippen LogP contribution in [0.1, 0.15) is 19.8 Å². The number of piperidine rings is 1. The Hall–Kier alpha value is -3.01. The fraction of sp³-hybridized carbons (Fsp3) is 0.375. The molecule has 6 heteroatoms. The Kier molecular flexibility index (Phi) is 5.93. The monoisotopic (exact) mass is 402 g/mol. The van der Waals surface area contributed by atoms with Crippen molar-refractivity contribution in [1.82, 2.24) is 15.1 Å². The topological polar surface area (TPSA) is 82.3 Å². The van der Waals surface area contributed by atoms with Crippen LogP contribution in [-0.2, 0) is 0 Å². The number of nitriles is 1. The maximum Gasteiger partial charge on any atom is 0.127 e. The van der Waals surface area contributed by atoms with E-state index in [1.54, 1.807) is 12.4 Å². The fourth-order valence-corrected chi connectivity index (χ4v) is 3.98. The summed E-state index contributed by atoms with van der Waals surface area (Å²) < 4.78 is 6.02. The van der Waals surface area contributed by atoms with Crippen LogP contribution < -0.4 is 4.74 Å². The quantitative estimate of drug-likeness (QED) is 0.678. The second-order valence-corrected chi connectivity index (χ2v) is 8.23. The van der Waals surface area contributed by atoms with Crippen LogP contribution in [0.25, 0.3) is 21.9 Å². The Labute approximate surface area is 176 Å². The van der Waals surface area contributed by atoms with E-state index in [9.17, 15) is 10.4 Å². The summed E-state index contributed by atoms with van der Waals surface area (Å²) in [6.07, 6.45) is 4.53. The summed E-state index contributed by atoms with van der Waals surface area (Å²) in [5.41, 5.74) is 1.84. The maximum atomic E-state index is 10.5. The molecular weight excluding hydrogens is 376 g/mol. The van der Waals surface area contributed by atoms with Crippen LogP contribution >= 0.6 is 0 Å². The number of hydrogen-bond donors (Lipinski definition) is 1. The molecule has 0 amide bonds. The second-order valence-electron chi connectivity index (χ2n) is 8.23. The third-order valence-corrected chi connectivity index (χ3v) is 5.91. The zero-order valence-corrected chi connectivity index (χ0v) is 17.2. The van der Waals surface area contributed by atoms with E-state index in [1.807, 2.05) is 43.3 Å². The summed E-state index contributed by atoms with van der Waals surface area (Å²) in [4.78, 5) is 2.21. The average Bonchev–Trinajstić information content (AvgIpc) is 2.79. The van der Waals surface area contributed by atoms with Crippen molar-refractivity contribution in [2.24, 2.45) is 5.41 Å². The summed E-state index contributed by atoms with van der Waals surface area (Å²) in [7, 11) is 0. The number of benzene rings is 2. The third kappa shape index (κ3) is 4.43. The molecule has 0 saturated carbocycles. The molecule has 6 nitrogen and oxygen atoms in total. The number of nitrogens with zero attached hydrogens (tertiary/aromatic N) is 4. The molecule has 1 unspecified atom stereocenters. The molecule has 154 valence electrons. The lowest BCUT2D eigenvalue weighted by Crippen LogP contribution is -2.43. The van der Waals surface area contributed by atoms with Crippen molar-refractivity contribution in [3.05, 3.63) is 54.9 Å². The first-order valence-corrected chi connectivity index (χ1v) is 10.3. The molecule has 1 aliphatic rings. The SMILES string of the molecule is CC1(C#N)CCN(CC(O)COc2ccc(-c3ccnnc3)c3ccccc23)CC1. The summed E-state index contributed by atoms with van der Waals surface area (Å²) >= 11 is 0. The molecule has 1 saturated heterocycles. The first-order chi connectivity index (χ1) is 14.6. The van der Waals surface area contributed by atoms with Gasteiger partial charge in [0.2, 0.25) is 0 Å². The molecule has 2 heterocycles. The van der Waals surface area contributed by atoms with E-state index < -0.39 is 6.10 Å².